The topological polar surface area (TPSA) is 46.2 Å². The molecule has 3 N–H and O–H groups in total. The van der Waals surface area contributed by atoms with E-state index >= 15 is 0 Å². The zero-order valence-electron chi connectivity index (χ0n) is 4.43. The summed E-state index contributed by atoms with van der Waals surface area (Å²) in [6.07, 6.45) is 2.79. The molecule has 0 aliphatic carbocycles. The fraction of sp³-hybridized carbons (Fsp3) is 0.800. The molecule has 2 nitrogen and oxygen atoms in total. The second kappa shape index (κ2) is 5.92. The zero-order chi connectivity index (χ0) is 5.54. The van der Waals surface area contributed by atoms with Crippen molar-refractivity contribution in [2.75, 3.05) is 6.54 Å². The summed E-state index contributed by atoms with van der Waals surface area (Å²) in [5.41, 5.74) is 5.17. The van der Waals surface area contributed by atoms with Gasteiger partial charge in [0.25, 0.3) is 0 Å². The fourth-order valence-corrected chi connectivity index (χ4v) is 0.380. The van der Waals surface area contributed by atoms with E-state index in [0.29, 0.717) is 0 Å². The molecule has 0 spiro atoms. The molecule has 0 atom stereocenters. The Labute approximate surface area is 44.3 Å². The molecular weight excluding hydrogens is 90.1 g/mol. The van der Waals surface area contributed by atoms with Gasteiger partial charge in [0, 0.05) is 0 Å². The van der Waals surface area contributed by atoms with Crippen LogP contribution in [0.3, 0.4) is 0 Å². The van der Waals surface area contributed by atoms with Crippen LogP contribution in [0.5, 0.6) is 0 Å². The number of aliphatic hydroxyl groups is 1. The monoisotopic (exact) mass is 102 g/mol. The summed E-state index contributed by atoms with van der Waals surface area (Å²) in [7, 11) is 0. The first-order valence-corrected chi connectivity index (χ1v) is 2.57. The van der Waals surface area contributed by atoms with Crippen LogP contribution in [0.15, 0.2) is 0 Å². The molecule has 1 radical (unpaired) electrons. The number of hydrogen-bond donors (Lipinski definition) is 2. The highest BCUT2D eigenvalue weighted by Gasteiger charge is 1.81. The molecule has 0 amide bonds. The summed E-state index contributed by atoms with van der Waals surface area (Å²) >= 11 is 0. The van der Waals surface area contributed by atoms with Gasteiger partial charge in [0.15, 0.2) is 0 Å². The minimum Gasteiger partial charge on any atom is -0.390 e. The number of nitrogens with two attached hydrogens (primary N) is 1. The van der Waals surface area contributed by atoms with E-state index in [0.717, 1.165) is 25.8 Å². The Morgan fingerprint density at radius 1 is 1.43 bits per heavy atom. The van der Waals surface area contributed by atoms with Crippen LogP contribution in [0.4, 0.5) is 0 Å². The molecule has 0 aromatic rings. The highest BCUT2D eigenvalue weighted by Crippen LogP contribution is 1.92. The molecule has 0 unspecified atom stereocenters. The summed E-state index contributed by atoms with van der Waals surface area (Å²) in [4.78, 5) is 0. The highest BCUT2D eigenvalue weighted by atomic mass is 16.2. The van der Waals surface area contributed by atoms with Crippen molar-refractivity contribution in [3.05, 3.63) is 6.61 Å². The second-order valence-electron chi connectivity index (χ2n) is 1.47. The lowest BCUT2D eigenvalue weighted by Gasteiger charge is -1.90. The van der Waals surface area contributed by atoms with E-state index in [1.807, 2.05) is 0 Å². The zero-order valence-corrected chi connectivity index (χ0v) is 4.43. The van der Waals surface area contributed by atoms with Crippen molar-refractivity contribution in [2.45, 2.75) is 19.3 Å². The van der Waals surface area contributed by atoms with E-state index in [9.17, 15) is 0 Å². The third-order valence-electron chi connectivity index (χ3n) is 0.787. The minimum absolute atomic E-state index is 0.730. The predicted molar refractivity (Wildman–Crippen MR) is 29.1 cm³/mol. The van der Waals surface area contributed by atoms with E-state index in [4.69, 9.17) is 10.8 Å². The number of unbranched alkanes of at least 4 members (excludes halogenated alkanes) is 2. The molecule has 0 heterocycles. The normalized spacial score (nSPS) is 9.43. The summed E-state index contributed by atoms with van der Waals surface area (Å²) in [5.74, 6) is 0. The van der Waals surface area contributed by atoms with Crippen molar-refractivity contribution < 1.29 is 5.11 Å². The van der Waals surface area contributed by atoms with Crippen LogP contribution in [0.1, 0.15) is 19.3 Å². The molecule has 0 aromatic heterocycles. The van der Waals surface area contributed by atoms with Crippen LogP contribution >= 0.6 is 0 Å². The second-order valence-corrected chi connectivity index (χ2v) is 1.47. The summed E-state index contributed by atoms with van der Waals surface area (Å²) in [6, 6.07) is 0. The maximum absolute atomic E-state index is 8.13. The molecule has 0 aromatic carbocycles. The van der Waals surface area contributed by atoms with Gasteiger partial charge in [-0.15, -0.1) is 0 Å². The average Bonchev–Trinajstić information content (AvgIpc) is 1.69. The van der Waals surface area contributed by atoms with Crippen LogP contribution < -0.4 is 5.73 Å². The largest absolute Gasteiger partial charge is 0.390 e. The van der Waals surface area contributed by atoms with Crippen molar-refractivity contribution >= 4 is 0 Å². The molecule has 0 fully saturated rings. The Morgan fingerprint density at radius 3 is 2.57 bits per heavy atom. The van der Waals surface area contributed by atoms with E-state index in [1.54, 1.807) is 0 Å². The third kappa shape index (κ3) is 5.92. The lowest BCUT2D eigenvalue weighted by Crippen LogP contribution is -1.97. The molecule has 0 saturated heterocycles. The first-order valence-electron chi connectivity index (χ1n) is 2.57. The van der Waals surface area contributed by atoms with Crippen LogP contribution in [0.25, 0.3) is 0 Å². The SMILES string of the molecule is NCCCC[CH]O. The first-order chi connectivity index (χ1) is 3.41. The quantitative estimate of drug-likeness (QED) is 0.512. The lowest BCUT2D eigenvalue weighted by atomic mass is 10.2. The van der Waals surface area contributed by atoms with Crippen LogP contribution in [-0.4, -0.2) is 11.7 Å². The van der Waals surface area contributed by atoms with E-state index in [1.165, 1.54) is 6.61 Å². The molecular formula is C5H12NO. The van der Waals surface area contributed by atoms with Crippen LogP contribution in [0, 0.1) is 6.61 Å². The molecule has 7 heavy (non-hydrogen) atoms. The van der Waals surface area contributed by atoms with E-state index < -0.39 is 0 Å². The summed E-state index contributed by atoms with van der Waals surface area (Å²) in [5, 5.41) is 8.13. The van der Waals surface area contributed by atoms with Crippen LogP contribution in [0.2, 0.25) is 0 Å². The molecule has 0 rings (SSSR count). The minimum atomic E-state index is 0.730. The van der Waals surface area contributed by atoms with Gasteiger partial charge in [-0.1, -0.05) is 0 Å². The number of rotatable bonds is 4. The van der Waals surface area contributed by atoms with Crippen molar-refractivity contribution in [2.24, 2.45) is 5.73 Å². The maximum Gasteiger partial charge on any atom is 0.0799 e. The molecule has 2 heteroatoms. The van der Waals surface area contributed by atoms with Crippen LogP contribution in [-0.2, 0) is 0 Å². The van der Waals surface area contributed by atoms with Crippen molar-refractivity contribution in [1.29, 1.82) is 0 Å². The highest BCUT2D eigenvalue weighted by molar-refractivity contribution is 4.47. The van der Waals surface area contributed by atoms with Gasteiger partial charge in [0.1, 0.15) is 0 Å². The van der Waals surface area contributed by atoms with Gasteiger partial charge < -0.3 is 10.8 Å². The average molecular weight is 102 g/mol. The Balaban J connectivity index is 2.45. The fourth-order valence-electron chi connectivity index (χ4n) is 0.380. The van der Waals surface area contributed by atoms with Gasteiger partial charge in [0.05, 0.1) is 6.61 Å². The first kappa shape index (κ1) is 6.92. The van der Waals surface area contributed by atoms with Gasteiger partial charge in [-0.05, 0) is 25.8 Å². The summed E-state index contributed by atoms with van der Waals surface area (Å²) in [6.45, 7) is 1.91. The maximum atomic E-state index is 8.13. The van der Waals surface area contributed by atoms with Gasteiger partial charge >= 0.3 is 0 Å². The van der Waals surface area contributed by atoms with Gasteiger partial charge in [0.2, 0.25) is 0 Å². The smallest absolute Gasteiger partial charge is 0.0799 e. The number of aliphatic hydroxyl groups excluding tert-OH is 1. The molecule has 43 valence electrons. The summed E-state index contributed by atoms with van der Waals surface area (Å²) < 4.78 is 0. The standard InChI is InChI=1S/C5H12NO/c6-4-2-1-3-5-7/h5,7H,1-4,6H2. The van der Waals surface area contributed by atoms with Crippen molar-refractivity contribution in [3.8, 4) is 0 Å². The van der Waals surface area contributed by atoms with Gasteiger partial charge in [-0.3, -0.25) is 0 Å². The molecule has 0 aliphatic rings. The number of hydrogen-bond acceptors (Lipinski definition) is 2. The van der Waals surface area contributed by atoms with E-state index in [-0.39, 0.29) is 0 Å². The van der Waals surface area contributed by atoms with Gasteiger partial charge in [-0.25, -0.2) is 0 Å². The van der Waals surface area contributed by atoms with Crippen molar-refractivity contribution in [1.82, 2.24) is 0 Å². The third-order valence-corrected chi connectivity index (χ3v) is 0.787. The Morgan fingerprint density at radius 2 is 2.14 bits per heavy atom. The Kier molecular flexibility index (Phi) is 5.85. The van der Waals surface area contributed by atoms with Gasteiger partial charge in [-0.2, -0.15) is 0 Å². The van der Waals surface area contributed by atoms with E-state index in [2.05, 4.69) is 0 Å². The molecule has 0 saturated carbocycles. The van der Waals surface area contributed by atoms with Crippen molar-refractivity contribution in [3.63, 3.8) is 0 Å². The lowest BCUT2D eigenvalue weighted by molar-refractivity contribution is 0.369. The Bertz CT molecular complexity index is 27.3. The molecule has 0 aliphatic heterocycles. The molecule has 0 bridgehead atoms. The predicted octanol–water partition coefficient (Wildman–Crippen LogP) is 0.650. The Hall–Kier alpha value is -0.0800.